The van der Waals surface area contributed by atoms with Gasteiger partial charge in [0.2, 0.25) is 0 Å². The van der Waals surface area contributed by atoms with E-state index in [0.29, 0.717) is 23.5 Å². The van der Waals surface area contributed by atoms with Gasteiger partial charge in [-0.05, 0) is 162 Å². The van der Waals surface area contributed by atoms with Crippen molar-refractivity contribution in [3.63, 3.8) is 0 Å². The summed E-state index contributed by atoms with van der Waals surface area (Å²) in [4.78, 5) is 43.3. The van der Waals surface area contributed by atoms with E-state index >= 15 is 0 Å². The molecule has 1 aliphatic rings. The van der Waals surface area contributed by atoms with Crippen LogP contribution in [0.1, 0.15) is 42.0 Å². The van der Waals surface area contributed by atoms with E-state index in [1.807, 2.05) is 122 Å². The third kappa shape index (κ3) is 8.67. The van der Waals surface area contributed by atoms with E-state index in [1.165, 1.54) is 0 Å². The normalized spacial score (nSPS) is 14.0. The molecule has 8 heterocycles. The first kappa shape index (κ1) is 38.4. The third-order valence-electron chi connectivity index (χ3n) is 10.3. The Balaban J connectivity index is 1.30. The highest BCUT2D eigenvalue weighted by molar-refractivity contribution is 6.12. The number of pyridine rings is 7. The molecule has 61 heavy (non-hydrogen) atoms. The van der Waals surface area contributed by atoms with E-state index in [0.717, 1.165) is 79.0 Å². The minimum Gasteiger partial charge on any atom is -0.273 e. The number of aromatic nitrogens is 7. The van der Waals surface area contributed by atoms with E-state index < -0.39 is 0 Å². The lowest BCUT2D eigenvalue weighted by molar-refractivity contribution is 0.719. The van der Waals surface area contributed by atoms with Crippen molar-refractivity contribution in [3.8, 4) is 56.4 Å². The fourth-order valence-electron chi connectivity index (χ4n) is 7.30. The van der Waals surface area contributed by atoms with Crippen molar-refractivity contribution >= 4 is 23.7 Å². The molecule has 9 nitrogen and oxygen atoms in total. The molecule has 1 atom stereocenters. The van der Waals surface area contributed by atoms with Crippen LogP contribution in [0.15, 0.2) is 199 Å². The average Bonchev–Trinajstić information content (AvgIpc) is 3.35. The van der Waals surface area contributed by atoms with Crippen LogP contribution in [0.5, 0.6) is 0 Å². The number of aliphatic imine (C=N–C) groups is 2. The second-order valence-electron chi connectivity index (χ2n) is 14.3. The van der Waals surface area contributed by atoms with E-state index in [-0.39, 0.29) is 6.04 Å². The predicted molar refractivity (Wildman–Crippen MR) is 245 cm³/mol. The fourth-order valence-corrected chi connectivity index (χ4v) is 7.30. The molecule has 292 valence electrons. The van der Waals surface area contributed by atoms with Crippen molar-refractivity contribution in [3.05, 3.63) is 211 Å². The molecule has 8 aromatic rings. The van der Waals surface area contributed by atoms with Crippen LogP contribution >= 0.6 is 0 Å². The molecule has 0 bridgehead atoms. The first-order valence-electron chi connectivity index (χ1n) is 20.0. The van der Waals surface area contributed by atoms with Crippen LogP contribution in [0.4, 0.5) is 0 Å². The van der Waals surface area contributed by atoms with Gasteiger partial charge in [0.05, 0.1) is 68.7 Å². The molecule has 9 heteroatoms. The quantitative estimate of drug-likeness (QED) is 0.0946. The lowest BCUT2D eigenvalue weighted by Crippen LogP contribution is -2.12. The van der Waals surface area contributed by atoms with Gasteiger partial charge in [0.1, 0.15) is 0 Å². The SMILES string of the molecule is C=N/C(=C\C=C/C)c1cc(-c2cc(C3=CC(c4ccccn4)=NC(c4ccccn4)C3)cc(-c3cc(-c4ccccn4)nc(-c4ccccn4)c3)c2)cc(-c2ccccn2)n1. The van der Waals surface area contributed by atoms with E-state index in [2.05, 4.69) is 75.2 Å². The van der Waals surface area contributed by atoms with Crippen molar-refractivity contribution in [2.45, 2.75) is 19.4 Å². The molecule has 1 aromatic carbocycles. The zero-order chi connectivity index (χ0) is 41.4. The molecule has 1 aliphatic heterocycles. The first-order valence-corrected chi connectivity index (χ1v) is 20.0. The van der Waals surface area contributed by atoms with Crippen molar-refractivity contribution in [2.75, 3.05) is 0 Å². The molecular formula is C52H39N9. The first-order chi connectivity index (χ1) is 30.1. The highest BCUT2D eigenvalue weighted by atomic mass is 14.9. The fraction of sp³-hybridized carbons (Fsp3) is 0.0577. The topological polar surface area (TPSA) is 115 Å². The molecule has 0 amide bonds. The lowest BCUT2D eigenvalue weighted by Gasteiger charge is -2.22. The molecule has 0 saturated heterocycles. The van der Waals surface area contributed by atoms with Crippen molar-refractivity contribution in [2.24, 2.45) is 9.98 Å². The second kappa shape index (κ2) is 17.8. The van der Waals surface area contributed by atoms with Gasteiger partial charge in [-0.25, -0.2) is 9.97 Å². The highest BCUT2D eigenvalue weighted by Gasteiger charge is 2.23. The lowest BCUT2D eigenvalue weighted by atomic mass is 9.87. The Morgan fingerprint density at radius 3 is 1.54 bits per heavy atom. The van der Waals surface area contributed by atoms with Gasteiger partial charge in [-0.1, -0.05) is 42.5 Å². The second-order valence-corrected chi connectivity index (χ2v) is 14.3. The number of hydrogen-bond acceptors (Lipinski definition) is 9. The van der Waals surface area contributed by atoms with Crippen molar-refractivity contribution < 1.29 is 0 Å². The van der Waals surface area contributed by atoms with Gasteiger partial charge in [-0.2, -0.15) is 0 Å². The standard InChI is InChI=1S/C52H39N9/c1-3-4-15-41(53-2)47-29-38(30-48(59-47)42-16-5-10-21-54-42)35-26-36(39-31-49(43-17-6-11-22-55-43)60-50(32-39)44-18-7-12-23-56-44)28-37(27-35)40-33-51(45-19-8-13-24-57-45)61-52(34-40)46-20-9-14-25-58-46/h3-33,52H,2,34H2,1H3/b4-3-,41-15-. The molecule has 0 radical (unpaired) electrons. The molecule has 7 aromatic heterocycles. The predicted octanol–water partition coefficient (Wildman–Crippen LogP) is 11.4. The van der Waals surface area contributed by atoms with Crippen LogP contribution in [0.3, 0.4) is 0 Å². The Bertz CT molecular complexity index is 2890. The molecule has 0 saturated carbocycles. The number of rotatable bonds is 11. The summed E-state index contributed by atoms with van der Waals surface area (Å²) in [6.07, 6.45) is 17.6. The minimum absolute atomic E-state index is 0.223. The Hall–Kier alpha value is -8.17. The molecule has 0 spiro atoms. The van der Waals surface area contributed by atoms with Gasteiger partial charge < -0.3 is 0 Å². The summed E-state index contributed by atoms with van der Waals surface area (Å²) in [6, 6.07) is 44.2. The van der Waals surface area contributed by atoms with Crippen LogP contribution in [0, 0.1) is 0 Å². The zero-order valence-corrected chi connectivity index (χ0v) is 33.4. The summed E-state index contributed by atoms with van der Waals surface area (Å²) >= 11 is 0. The summed E-state index contributed by atoms with van der Waals surface area (Å²) in [6.45, 7) is 5.87. The van der Waals surface area contributed by atoms with Gasteiger partial charge in [-0.3, -0.25) is 34.9 Å². The molecule has 0 N–H and O–H groups in total. The highest BCUT2D eigenvalue weighted by Crippen LogP contribution is 2.40. The average molecular weight is 790 g/mol. The summed E-state index contributed by atoms with van der Waals surface area (Å²) in [5, 5.41) is 0. The molecule has 0 fully saturated rings. The molecular weight excluding hydrogens is 751 g/mol. The Kier molecular flexibility index (Phi) is 11.2. The van der Waals surface area contributed by atoms with Gasteiger partial charge in [0, 0.05) is 37.4 Å². The summed E-state index contributed by atoms with van der Waals surface area (Å²) in [5.41, 5.74) is 14.2. The van der Waals surface area contributed by atoms with Crippen LogP contribution in [0.2, 0.25) is 0 Å². The van der Waals surface area contributed by atoms with Crippen LogP contribution in [-0.4, -0.2) is 47.3 Å². The van der Waals surface area contributed by atoms with Crippen LogP contribution in [-0.2, 0) is 0 Å². The number of benzene rings is 1. The largest absolute Gasteiger partial charge is 0.273 e. The number of allylic oxidation sites excluding steroid dienone is 4. The van der Waals surface area contributed by atoms with Crippen molar-refractivity contribution in [1.29, 1.82) is 0 Å². The van der Waals surface area contributed by atoms with Gasteiger partial charge in [0.15, 0.2) is 0 Å². The monoisotopic (exact) mass is 789 g/mol. The summed E-state index contributed by atoms with van der Waals surface area (Å²) in [7, 11) is 0. The maximum atomic E-state index is 5.21. The third-order valence-corrected chi connectivity index (χ3v) is 10.3. The van der Waals surface area contributed by atoms with Crippen molar-refractivity contribution in [1.82, 2.24) is 34.9 Å². The van der Waals surface area contributed by atoms with E-state index in [4.69, 9.17) is 24.9 Å². The molecule has 0 aliphatic carbocycles. The Morgan fingerprint density at radius 1 is 0.541 bits per heavy atom. The zero-order valence-electron chi connectivity index (χ0n) is 33.4. The number of dihydropyridines is 1. The maximum absolute atomic E-state index is 5.21. The summed E-state index contributed by atoms with van der Waals surface area (Å²) in [5.74, 6) is 0. The van der Waals surface area contributed by atoms with E-state index in [1.54, 1.807) is 24.8 Å². The van der Waals surface area contributed by atoms with Gasteiger partial charge >= 0.3 is 0 Å². The van der Waals surface area contributed by atoms with Gasteiger partial charge in [0.25, 0.3) is 0 Å². The molecule has 1 unspecified atom stereocenters. The number of hydrogen-bond donors (Lipinski definition) is 0. The number of nitrogens with zero attached hydrogens (tertiary/aromatic N) is 9. The van der Waals surface area contributed by atoms with Gasteiger partial charge in [-0.15, -0.1) is 0 Å². The smallest absolute Gasteiger partial charge is 0.0968 e. The maximum Gasteiger partial charge on any atom is 0.0968 e. The minimum atomic E-state index is -0.223. The van der Waals surface area contributed by atoms with Crippen LogP contribution < -0.4 is 0 Å². The van der Waals surface area contributed by atoms with Crippen LogP contribution in [0.25, 0.3) is 67.7 Å². The molecule has 9 rings (SSSR count). The Morgan fingerprint density at radius 2 is 1.03 bits per heavy atom. The van der Waals surface area contributed by atoms with E-state index in [9.17, 15) is 0 Å². The Labute approximate surface area is 354 Å². The summed E-state index contributed by atoms with van der Waals surface area (Å²) < 4.78 is 0.